The van der Waals surface area contributed by atoms with E-state index >= 15 is 0 Å². The van der Waals surface area contributed by atoms with Crippen LogP contribution in [0.2, 0.25) is 0 Å². The second-order valence-electron chi connectivity index (χ2n) is 7.29. The SMILES string of the molecule is CC(C)CCOc1ccccc1CNc1cccc(OCc2ccccc2)c1. The number of hydrogen-bond acceptors (Lipinski definition) is 3. The standard InChI is InChI=1S/C25H29NO2/c1-20(2)15-16-27-25-14-7-6-11-22(25)18-26-23-12-8-13-24(17-23)28-19-21-9-4-3-5-10-21/h3-14,17,20,26H,15-16,18-19H2,1-2H3. The van der Waals surface area contributed by atoms with Crippen LogP contribution >= 0.6 is 0 Å². The number of benzene rings is 3. The van der Waals surface area contributed by atoms with Crippen LogP contribution in [0.3, 0.4) is 0 Å². The van der Waals surface area contributed by atoms with Crippen LogP contribution in [-0.4, -0.2) is 6.61 Å². The zero-order valence-corrected chi connectivity index (χ0v) is 16.7. The summed E-state index contributed by atoms with van der Waals surface area (Å²) in [5.74, 6) is 2.45. The molecule has 146 valence electrons. The fraction of sp³-hybridized carbons (Fsp3) is 0.280. The molecule has 3 heteroatoms. The molecule has 28 heavy (non-hydrogen) atoms. The highest BCUT2D eigenvalue weighted by Gasteiger charge is 2.05. The van der Waals surface area contributed by atoms with Crippen LogP contribution in [-0.2, 0) is 13.2 Å². The molecule has 0 spiro atoms. The Bertz CT molecular complexity index is 846. The molecule has 0 amide bonds. The van der Waals surface area contributed by atoms with Crippen LogP contribution < -0.4 is 14.8 Å². The Hall–Kier alpha value is -2.94. The minimum atomic E-state index is 0.566. The molecule has 1 N–H and O–H groups in total. The van der Waals surface area contributed by atoms with E-state index in [0.29, 0.717) is 19.1 Å². The highest BCUT2D eigenvalue weighted by atomic mass is 16.5. The molecular weight excluding hydrogens is 346 g/mol. The van der Waals surface area contributed by atoms with Crippen LogP contribution in [0.5, 0.6) is 11.5 Å². The van der Waals surface area contributed by atoms with Gasteiger partial charge in [-0.3, -0.25) is 0 Å². The summed E-state index contributed by atoms with van der Waals surface area (Å²) in [7, 11) is 0. The van der Waals surface area contributed by atoms with Crippen molar-refractivity contribution >= 4 is 5.69 Å². The van der Waals surface area contributed by atoms with Crippen molar-refractivity contribution in [3.8, 4) is 11.5 Å². The van der Waals surface area contributed by atoms with Gasteiger partial charge in [0.2, 0.25) is 0 Å². The Morgan fingerprint density at radius 2 is 1.61 bits per heavy atom. The smallest absolute Gasteiger partial charge is 0.124 e. The molecule has 3 rings (SSSR count). The van der Waals surface area contributed by atoms with Gasteiger partial charge in [-0.05, 0) is 36.1 Å². The molecule has 0 saturated carbocycles. The second kappa shape index (κ2) is 10.4. The lowest BCUT2D eigenvalue weighted by molar-refractivity contribution is 0.287. The first-order valence-corrected chi connectivity index (χ1v) is 9.92. The van der Waals surface area contributed by atoms with E-state index in [9.17, 15) is 0 Å². The van der Waals surface area contributed by atoms with Crippen molar-refractivity contribution in [1.29, 1.82) is 0 Å². The zero-order valence-electron chi connectivity index (χ0n) is 16.7. The minimum absolute atomic E-state index is 0.566. The van der Waals surface area contributed by atoms with Gasteiger partial charge in [0.15, 0.2) is 0 Å². The van der Waals surface area contributed by atoms with E-state index in [0.717, 1.165) is 41.3 Å². The number of rotatable bonds is 10. The van der Waals surface area contributed by atoms with Crippen molar-refractivity contribution in [3.05, 3.63) is 90.0 Å². The molecule has 3 aromatic carbocycles. The third kappa shape index (κ3) is 6.34. The van der Waals surface area contributed by atoms with Gasteiger partial charge >= 0.3 is 0 Å². The van der Waals surface area contributed by atoms with Crippen molar-refractivity contribution in [2.45, 2.75) is 33.4 Å². The molecule has 0 aliphatic heterocycles. The summed E-state index contributed by atoms with van der Waals surface area (Å²) in [6.07, 6.45) is 1.06. The lowest BCUT2D eigenvalue weighted by Gasteiger charge is -2.14. The van der Waals surface area contributed by atoms with Gasteiger partial charge in [-0.25, -0.2) is 0 Å². The van der Waals surface area contributed by atoms with Gasteiger partial charge in [-0.1, -0.05) is 68.4 Å². The quantitative estimate of drug-likeness (QED) is 0.451. The molecule has 3 aromatic rings. The first-order chi connectivity index (χ1) is 13.7. The number of hydrogen-bond donors (Lipinski definition) is 1. The predicted molar refractivity (Wildman–Crippen MR) is 116 cm³/mol. The largest absolute Gasteiger partial charge is 0.493 e. The van der Waals surface area contributed by atoms with Gasteiger partial charge in [-0.15, -0.1) is 0 Å². The minimum Gasteiger partial charge on any atom is -0.493 e. The predicted octanol–water partition coefficient (Wildman–Crippen LogP) is 6.30. The van der Waals surface area contributed by atoms with E-state index in [4.69, 9.17) is 9.47 Å². The van der Waals surface area contributed by atoms with Gasteiger partial charge < -0.3 is 14.8 Å². The summed E-state index contributed by atoms with van der Waals surface area (Å²) in [6, 6.07) is 26.5. The van der Waals surface area contributed by atoms with Crippen LogP contribution in [0.15, 0.2) is 78.9 Å². The Labute approximate surface area is 168 Å². The van der Waals surface area contributed by atoms with Crippen LogP contribution in [0, 0.1) is 5.92 Å². The Morgan fingerprint density at radius 1 is 0.821 bits per heavy atom. The Kier molecular flexibility index (Phi) is 7.36. The van der Waals surface area contributed by atoms with Gasteiger partial charge in [0.25, 0.3) is 0 Å². The first kappa shape index (κ1) is 19.8. The second-order valence-corrected chi connectivity index (χ2v) is 7.29. The fourth-order valence-corrected chi connectivity index (χ4v) is 2.83. The number of para-hydroxylation sites is 1. The summed E-state index contributed by atoms with van der Waals surface area (Å²) in [4.78, 5) is 0. The third-order valence-electron chi connectivity index (χ3n) is 4.49. The molecule has 0 aliphatic carbocycles. The van der Waals surface area contributed by atoms with Crippen LogP contribution in [0.4, 0.5) is 5.69 Å². The van der Waals surface area contributed by atoms with Gasteiger partial charge in [-0.2, -0.15) is 0 Å². The molecule has 0 atom stereocenters. The summed E-state index contributed by atoms with van der Waals surface area (Å²) in [6.45, 7) is 6.45. The van der Waals surface area contributed by atoms with Crippen molar-refractivity contribution in [1.82, 2.24) is 0 Å². The average molecular weight is 376 g/mol. The molecule has 0 saturated heterocycles. The lowest BCUT2D eigenvalue weighted by Crippen LogP contribution is -2.06. The first-order valence-electron chi connectivity index (χ1n) is 9.92. The monoisotopic (exact) mass is 375 g/mol. The molecule has 0 aromatic heterocycles. The maximum Gasteiger partial charge on any atom is 0.124 e. The highest BCUT2D eigenvalue weighted by molar-refractivity contribution is 5.49. The van der Waals surface area contributed by atoms with E-state index in [2.05, 4.69) is 43.4 Å². The van der Waals surface area contributed by atoms with E-state index in [1.54, 1.807) is 0 Å². The zero-order chi connectivity index (χ0) is 19.6. The number of ether oxygens (including phenoxy) is 2. The topological polar surface area (TPSA) is 30.5 Å². The summed E-state index contributed by atoms with van der Waals surface area (Å²) < 4.78 is 11.9. The van der Waals surface area contributed by atoms with Crippen molar-refractivity contribution in [3.63, 3.8) is 0 Å². The summed E-state index contributed by atoms with van der Waals surface area (Å²) >= 11 is 0. The molecule has 0 bridgehead atoms. The van der Waals surface area contributed by atoms with Crippen molar-refractivity contribution in [2.75, 3.05) is 11.9 Å². The molecule has 3 nitrogen and oxygen atoms in total. The van der Waals surface area contributed by atoms with Crippen LogP contribution in [0.1, 0.15) is 31.4 Å². The van der Waals surface area contributed by atoms with E-state index in [-0.39, 0.29) is 0 Å². The summed E-state index contributed by atoms with van der Waals surface area (Å²) in [5.41, 5.74) is 3.35. The fourth-order valence-electron chi connectivity index (χ4n) is 2.83. The van der Waals surface area contributed by atoms with E-state index < -0.39 is 0 Å². The average Bonchev–Trinajstić information content (AvgIpc) is 2.72. The van der Waals surface area contributed by atoms with Crippen molar-refractivity contribution in [2.24, 2.45) is 5.92 Å². The maximum absolute atomic E-state index is 5.98. The van der Waals surface area contributed by atoms with Gasteiger partial charge in [0.1, 0.15) is 18.1 Å². The lowest BCUT2D eigenvalue weighted by atomic mass is 10.1. The van der Waals surface area contributed by atoms with E-state index in [1.165, 1.54) is 0 Å². The third-order valence-corrected chi connectivity index (χ3v) is 4.49. The molecule has 0 heterocycles. The van der Waals surface area contributed by atoms with Crippen molar-refractivity contribution < 1.29 is 9.47 Å². The van der Waals surface area contributed by atoms with Gasteiger partial charge in [0.05, 0.1) is 6.61 Å². The molecular formula is C25H29NO2. The highest BCUT2D eigenvalue weighted by Crippen LogP contribution is 2.23. The number of anilines is 1. The Balaban J connectivity index is 1.56. The van der Waals surface area contributed by atoms with Crippen LogP contribution in [0.25, 0.3) is 0 Å². The number of nitrogens with one attached hydrogen (secondary N) is 1. The molecule has 0 radical (unpaired) electrons. The Morgan fingerprint density at radius 3 is 2.43 bits per heavy atom. The summed E-state index contributed by atoms with van der Waals surface area (Å²) in [5, 5.41) is 3.48. The molecule has 0 fully saturated rings. The van der Waals surface area contributed by atoms with E-state index in [1.807, 2.05) is 54.6 Å². The normalized spacial score (nSPS) is 10.7. The molecule has 0 unspecified atom stereocenters. The maximum atomic E-state index is 5.98. The molecule has 0 aliphatic rings. The van der Waals surface area contributed by atoms with Gasteiger partial charge in [0, 0.05) is 23.9 Å².